The van der Waals surface area contributed by atoms with Gasteiger partial charge in [-0.15, -0.1) is 0 Å². The monoisotopic (exact) mass is 422 g/mol. The molecule has 2 N–H and O–H groups in total. The Morgan fingerprint density at radius 3 is 2.19 bits per heavy atom. The largest absolute Gasteiger partial charge is 0.359 e. The van der Waals surface area contributed by atoms with Crippen molar-refractivity contribution in [1.29, 1.82) is 0 Å². The average molecular weight is 422 g/mol. The van der Waals surface area contributed by atoms with Crippen molar-refractivity contribution in [2.24, 2.45) is 0 Å². The summed E-state index contributed by atoms with van der Waals surface area (Å²) in [6.45, 7) is 1.80. The number of nitrogens with one attached hydrogen (secondary N) is 2. The van der Waals surface area contributed by atoms with Crippen molar-refractivity contribution in [1.82, 2.24) is 5.16 Å². The van der Waals surface area contributed by atoms with Crippen LogP contribution in [0.25, 0.3) is 11.0 Å². The molecule has 0 saturated heterocycles. The zero-order valence-corrected chi connectivity index (χ0v) is 15.9. The number of anilines is 4. The minimum absolute atomic E-state index is 0.100. The summed E-state index contributed by atoms with van der Waals surface area (Å²) in [5.41, 5.74) is -1.42. The van der Waals surface area contributed by atoms with Crippen LogP contribution in [0, 0.1) is 32.4 Å². The highest BCUT2D eigenvalue weighted by Crippen LogP contribution is 2.47. The molecule has 0 aliphatic carbocycles. The molecule has 0 atom stereocenters. The average Bonchev–Trinajstić information content (AvgIpc) is 3.09. The van der Waals surface area contributed by atoms with Crippen LogP contribution in [0.5, 0.6) is 0 Å². The molecule has 0 radical (unpaired) electrons. The topological polar surface area (TPSA) is 163 Å². The maximum absolute atomic E-state index is 12.2. The Labute approximate surface area is 173 Å². The van der Waals surface area contributed by atoms with E-state index >= 15 is 0 Å². The summed E-state index contributed by atoms with van der Waals surface area (Å²) in [7, 11) is 0. The molecular weight excluding hydrogens is 408 g/mol. The second-order valence-electron chi connectivity index (χ2n) is 6.57. The molecule has 156 valence electrons. The molecule has 1 heterocycles. The van der Waals surface area contributed by atoms with Crippen LogP contribution >= 0.6 is 0 Å². The molecule has 1 aromatic heterocycles. The van der Waals surface area contributed by atoms with Gasteiger partial charge in [-0.1, -0.05) is 30.3 Å². The SMILES string of the molecule is Cc1cccc(Nc2c([N+](=O)[O-])c(Nc3ccccc3)c3c(no[n+]3[O-])c2[N+](=O)[O-])c1. The number of hydrogen-bond acceptors (Lipinski definition) is 9. The summed E-state index contributed by atoms with van der Waals surface area (Å²) in [5, 5.41) is 45.2. The van der Waals surface area contributed by atoms with E-state index in [-0.39, 0.29) is 10.6 Å². The predicted octanol–water partition coefficient (Wildman–Crippen LogP) is 4.07. The Morgan fingerprint density at radius 1 is 0.903 bits per heavy atom. The summed E-state index contributed by atoms with van der Waals surface area (Å²) in [6.07, 6.45) is 0. The molecule has 0 unspecified atom stereocenters. The van der Waals surface area contributed by atoms with Gasteiger partial charge in [0.1, 0.15) is 0 Å². The van der Waals surface area contributed by atoms with Crippen molar-refractivity contribution in [2.45, 2.75) is 6.92 Å². The van der Waals surface area contributed by atoms with Crippen molar-refractivity contribution in [3.8, 4) is 0 Å². The van der Waals surface area contributed by atoms with Gasteiger partial charge in [0.15, 0.2) is 5.69 Å². The summed E-state index contributed by atoms with van der Waals surface area (Å²) in [4.78, 5) is 22.2. The fourth-order valence-electron chi connectivity index (χ4n) is 3.21. The smallest absolute Gasteiger partial charge is 0.357 e. The number of nitro groups is 2. The van der Waals surface area contributed by atoms with Gasteiger partial charge in [-0.25, -0.2) is 0 Å². The highest BCUT2D eigenvalue weighted by atomic mass is 16.8. The van der Waals surface area contributed by atoms with Crippen molar-refractivity contribution < 1.29 is 19.4 Å². The number of fused-ring (bicyclic) bond motifs is 1. The Hall–Kier alpha value is -4.74. The molecule has 0 aliphatic rings. The van der Waals surface area contributed by atoms with Crippen molar-refractivity contribution in [2.75, 3.05) is 10.6 Å². The third-order valence-corrected chi connectivity index (χ3v) is 4.48. The van der Waals surface area contributed by atoms with Gasteiger partial charge in [0.2, 0.25) is 5.69 Å². The molecule has 0 spiro atoms. The number of rotatable bonds is 6. The van der Waals surface area contributed by atoms with Crippen LogP contribution in [0.15, 0.2) is 59.2 Å². The Kier molecular flexibility index (Phi) is 4.79. The standard InChI is InChI=1S/C19H14N6O6/c1-11-6-5-9-13(10-11)21-14-17(23(26)27)15(20-12-7-3-2-4-8-12)19-16(18(14)24(28)29)22-31-25(19)30/h2-10,20-21H,1H3. The van der Waals surface area contributed by atoms with E-state index in [1.54, 1.807) is 61.5 Å². The quantitative estimate of drug-likeness (QED) is 0.265. The van der Waals surface area contributed by atoms with E-state index in [1.807, 2.05) is 0 Å². The van der Waals surface area contributed by atoms with Gasteiger partial charge in [-0.2, -0.15) is 0 Å². The van der Waals surface area contributed by atoms with E-state index in [2.05, 4.69) is 20.4 Å². The molecule has 0 aliphatic heterocycles. The predicted molar refractivity (Wildman–Crippen MR) is 110 cm³/mol. The fraction of sp³-hybridized carbons (Fsp3) is 0.0526. The molecule has 0 fully saturated rings. The Morgan fingerprint density at radius 2 is 1.55 bits per heavy atom. The maximum Gasteiger partial charge on any atom is 0.357 e. The summed E-state index contributed by atoms with van der Waals surface area (Å²) in [5.74, 6) is 0. The van der Waals surface area contributed by atoms with Crippen LogP contribution < -0.4 is 15.5 Å². The summed E-state index contributed by atoms with van der Waals surface area (Å²) >= 11 is 0. The Bertz CT molecular complexity index is 1320. The number of nitro benzene ring substituents is 2. The zero-order valence-electron chi connectivity index (χ0n) is 15.9. The fourth-order valence-corrected chi connectivity index (χ4v) is 3.21. The first-order valence-corrected chi connectivity index (χ1v) is 8.90. The highest BCUT2D eigenvalue weighted by molar-refractivity contribution is 6.07. The van der Waals surface area contributed by atoms with Gasteiger partial charge < -0.3 is 15.8 Å². The molecule has 31 heavy (non-hydrogen) atoms. The third kappa shape index (κ3) is 3.53. The van der Waals surface area contributed by atoms with Crippen molar-refractivity contribution in [3.63, 3.8) is 0 Å². The van der Waals surface area contributed by atoms with Crippen molar-refractivity contribution in [3.05, 3.63) is 85.6 Å². The van der Waals surface area contributed by atoms with Crippen LogP contribution in [0.4, 0.5) is 34.1 Å². The lowest BCUT2D eigenvalue weighted by molar-refractivity contribution is -0.782. The summed E-state index contributed by atoms with van der Waals surface area (Å²) < 4.78 is 4.56. The minimum atomic E-state index is -0.845. The van der Waals surface area contributed by atoms with Gasteiger partial charge in [-0.3, -0.25) is 24.9 Å². The molecular formula is C19H14N6O6. The van der Waals surface area contributed by atoms with Crippen LogP contribution in [0.2, 0.25) is 0 Å². The van der Waals surface area contributed by atoms with Gasteiger partial charge >= 0.3 is 16.9 Å². The second kappa shape index (κ2) is 7.59. The van der Waals surface area contributed by atoms with Gasteiger partial charge in [0.05, 0.1) is 15.0 Å². The lowest BCUT2D eigenvalue weighted by atomic mass is 10.1. The van der Waals surface area contributed by atoms with Gasteiger partial charge in [0, 0.05) is 11.4 Å². The summed E-state index contributed by atoms with van der Waals surface area (Å²) in [6, 6.07) is 15.1. The van der Waals surface area contributed by atoms with Crippen LogP contribution in [0.3, 0.4) is 0 Å². The molecule has 0 amide bonds. The zero-order chi connectivity index (χ0) is 22.1. The first-order chi connectivity index (χ1) is 14.9. The first kappa shape index (κ1) is 19.6. The molecule has 4 rings (SSSR count). The highest BCUT2D eigenvalue weighted by Gasteiger charge is 2.41. The number of aromatic nitrogens is 2. The van der Waals surface area contributed by atoms with E-state index < -0.39 is 37.9 Å². The van der Waals surface area contributed by atoms with Gasteiger partial charge in [0.25, 0.3) is 5.52 Å². The third-order valence-electron chi connectivity index (χ3n) is 4.48. The molecule has 12 heteroatoms. The number of para-hydroxylation sites is 1. The lowest BCUT2D eigenvalue weighted by Crippen LogP contribution is -2.24. The van der Waals surface area contributed by atoms with E-state index in [0.717, 1.165) is 5.56 Å². The normalized spacial score (nSPS) is 10.7. The number of benzene rings is 3. The Balaban J connectivity index is 2.06. The van der Waals surface area contributed by atoms with E-state index in [4.69, 9.17) is 0 Å². The van der Waals surface area contributed by atoms with E-state index in [9.17, 15) is 25.4 Å². The van der Waals surface area contributed by atoms with Crippen LogP contribution in [0.1, 0.15) is 5.56 Å². The van der Waals surface area contributed by atoms with Crippen LogP contribution in [-0.4, -0.2) is 15.0 Å². The molecule has 0 bridgehead atoms. The first-order valence-electron chi connectivity index (χ1n) is 8.90. The number of nitrogens with zero attached hydrogens (tertiary/aromatic N) is 4. The number of aryl methyl sites for hydroxylation is 1. The maximum atomic E-state index is 12.2. The second-order valence-corrected chi connectivity index (χ2v) is 6.57. The van der Waals surface area contributed by atoms with E-state index in [0.29, 0.717) is 11.4 Å². The number of hydrogen-bond donors (Lipinski definition) is 2. The minimum Gasteiger partial charge on any atom is -0.359 e. The van der Waals surface area contributed by atoms with E-state index in [1.165, 1.54) is 0 Å². The van der Waals surface area contributed by atoms with Crippen LogP contribution in [-0.2, 0) is 0 Å². The lowest BCUT2D eigenvalue weighted by Gasteiger charge is -2.12. The molecule has 0 saturated carbocycles. The molecule has 4 aromatic rings. The van der Waals surface area contributed by atoms with Crippen molar-refractivity contribution >= 4 is 45.2 Å². The molecule has 3 aromatic carbocycles. The van der Waals surface area contributed by atoms with Gasteiger partial charge in [-0.05, 0) is 41.7 Å². The molecule has 12 nitrogen and oxygen atoms in total.